The summed E-state index contributed by atoms with van der Waals surface area (Å²) in [6, 6.07) is 6.89. The van der Waals surface area contributed by atoms with Crippen LogP contribution in [0.5, 0.6) is 0 Å². The minimum Gasteiger partial charge on any atom is -0.264 e. The summed E-state index contributed by atoms with van der Waals surface area (Å²) in [5.41, 5.74) is 1.03. The number of fused-ring (bicyclic) bond motifs is 1. The van der Waals surface area contributed by atoms with Crippen molar-refractivity contribution in [3.8, 4) is 0 Å². The summed E-state index contributed by atoms with van der Waals surface area (Å²) in [5.74, 6) is -0.610. The SMILES string of the molecule is O=S1(=O)CC[C@@H](S(=O)(=O)Nc2nc3ccccc3nc2Cl)C1. The molecule has 1 saturated heterocycles. The molecular weight excluding hydrogens is 350 g/mol. The highest BCUT2D eigenvalue weighted by Gasteiger charge is 2.37. The van der Waals surface area contributed by atoms with Crippen molar-refractivity contribution in [2.24, 2.45) is 0 Å². The van der Waals surface area contributed by atoms with E-state index in [1.165, 1.54) is 0 Å². The zero-order valence-corrected chi connectivity index (χ0v) is 13.6. The lowest BCUT2D eigenvalue weighted by Gasteiger charge is -2.13. The Morgan fingerprint density at radius 1 is 1.18 bits per heavy atom. The van der Waals surface area contributed by atoms with Gasteiger partial charge in [0.2, 0.25) is 10.0 Å². The summed E-state index contributed by atoms with van der Waals surface area (Å²) in [5, 5.41) is -1.08. The number of nitrogens with one attached hydrogen (secondary N) is 1. The van der Waals surface area contributed by atoms with Crippen LogP contribution >= 0.6 is 11.6 Å². The molecule has 1 fully saturated rings. The van der Waals surface area contributed by atoms with Crippen molar-refractivity contribution in [1.29, 1.82) is 0 Å². The van der Waals surface area contributed by atoms with Gasteiger partial charge in [-0.15, -0.1) is 0 Å². The van der Waals surface area contributed by atoms with Crippen LogP contribution in [0.15, 0.2) is 24.3 Å². The van der Waals surface area contributed by atoms with Crippen molar-refractivity contribution in [2.75, 3.05) is 16.2 Å². The van der Waals surface area contributed by atoms with Crippen LogP contribution in [0.2, 0.25) is 5.15 Å². The van der Waals surface area contributed by atoms with E-state index < -0.39 is 25.1 Å². The molecule has 118 valence electrons. The van der Waals surface area contributed by atoms with Gasteiger partial charge in [-0.1, -0.05) is 23.7 Å². The fourth-order valence-corrected chi connectivity index (χ4v) is 6.54. The molecule has 0 radical (unpaired) electrons. The molecule has 0 spiro atoms. The van der Waals surface area contributed by atoms with Crippen molar-refractivity contribution < 1.29 is 16.8 Å². The Morgan fingerprint density at radius 2 is 1.82 bits per heavy atom. The number of benzene rings is 1. The molecule has 1 aromatic carbocycles. The minimum atomic E-state index is -3.89. The Hall–Kier alpha value is -1.45. The summed E-state index contributed by atoms with van der Waals surface area (Å²) in [4.78, 5) is 8.21. The van der Waals surface area contributed by atoms with Crippen LogP contribution in [0, 0.1) is 0 Å². The first-order valence-electron chi connectivity index (χ1n) is 6.41. The summed E-state index contributed by atoms with van der Waals surface area (Å²) in [6.45, 7) is 0. The highest BCUT2D eigenvalue weighted by atomic mass is 35.5. The first-order valence-corrected chi connectivity index (χ1v) is 10.2. The molecule has 7 nitrogen and oxygen atoms in total. The summed E-state index contributed by atoms with van der Waals surface area (Å²) < 4.78 is 49.7. The third kappa shape index (κ3) is 3.01. The van der Waals surface area contributed by atoms with Crippen LogP contribution in [0.1, 0.15) is 6.42 Å². The van der Waals surface area contributed by atoms with E-state index in [0.717, 1.165) is 0 Å². The Balaban J connectivity index is 1.94. The average molecular weight is 362 g/mol. The van der Waals surface area contributed by atoms with Gasteiger partial charge in [-0.2, -0.15) is 0 Å². The Morgan fingerprint density at radius 3 is 2.41 bits per heavy atom. The number of sulfone groups is 1. The van der Waals surface area contributed by atoms with Crippen LogP contribution in [-0.4, -0.2) is 43.6 Å². The highest BCUT2D eigenvalue weighted by Crippen LogP contribution is 2.25. The minimum absolute atomic E-state index is 0.0658. The van der Waals surface area contributed by atoms with E-state index >= 15 is 0 Å². The number of hydrogen-bond donors (Lipinski definition) is 1. The molecule has 3 rings (SSSR count). The second kappa shape index (κ2) is 5.32. The van der Waals surface area contributed by atoms with Gasteiger partial charge in [0.25, 0.3) is 0 Å². The standard InChI is InChI=1S/C12H12ClN3O4S2/c13-11-12(15-10-4-2-1-3-9(10)14-11)16-22(19,20)8-5-6-21(17,18)7-8/h1-4,8H,5-7H2,(H,15,16)/t8-/m1/s1. The maximum atomic E-state index is 12.3. The van der Waals surface area contributed by atoms with Crippen molar-refractivity contribution in [2.45, 2.75) is 11.7 Å². The van der Waals surface area contributed by atoms with Crippen LogP contribution in [0.4, 0.5) is 5.82 Å². The number of rotatable bonds is 3. The molecule has 0 aliphatic carbocycles. The number of para-hydroxylation sites is 2. The first kappa shape index (κ1) is 15.4. The van der Waals surface area contributed by atoms with Gasteiger partial charge in [0.1, 0.15) is 0 Å². The van der Waals surface area contributed by atoms with Crippen LogP contribution < -0.4 is 4.72 Å². The monoisotopic (exact) mass is 361 g/mol. The van der Waals surface area contributed by atoms with Gasteiger partial charge in [-0.25, -0.2) is 26.8 Å². The van der Waals surface area contributed by atoms with E-state index in [1.807, 2.05) is 0 Å². The summed E-state index contributed by atoms with van der Waals surface area (Å²) in [7, 11) is -7.20. The number of aromatic nitrogens is 2. The predicted molar refractivity (Wildman–Crippen MR) is 84.1 cm³/mol. The third-order valence-electron chi connectivity index (χ3n) is 3.40. The molecule has 1 aliphatic rings. The zero-order valence-electron chi connectivity index (χ0n) is 11.2. The van der Waals surface area contributed by atoms with E-state index in [-0.39, 0.29) is 28.9 Å². The number of halogens is 1. The van der Waals surface area contributed by atoms with Gasteiger partial charge in [0.05, 0.1) is 27.8 Å². The number of anilines is 1. The molecule has 1 atom stereocenters. The Labute approximate surface area is 132 Å². The molecule has 0 unspecified atom stereocenters. The van der Waals surface area contributed by atoms with Crippen molar-refractivity contribution in [3.05, 3.63) is 29.4 Å². The molecular formula is C12H12ClN3O4S2. The largest absolute Gasteiger partial charge is 0.264 e. The smallest absolute Gasteiger partial charge is 0.237 e. The molecule has 0 bridgehead atoms. The molecule has 1 N–H and O–H groups in total. The maximum Gasteiger partial charge on any atom is 0.237 e. The van der Waals surface area contributed by atoms with Gasteiger partial charge < -0.3 is 0 Å². The van der Waals surface area contributed by atoms with E-state index in [9.17, 15) is 16.8 Å². The van der Waals surface area contributed by atoms with Crippen molar-refractivity contribution in [3.63, 3.8) is 0 Å². The fraction of sp³-hybridized carbons (Fsp3) is 0.333. The lowest BCUT2D eigenvalue weighted by atomic mass is 10.3. The molecule has 22 heavy (non-hydrogen) atoms. The van der Waals surface area contributed by atoms with E-state index in [4.69, 9.17) is 11.6 Å². The Bertz CT molecular complexity index is 944. The first-order chi connectivity index (χ1) is 10.3. The van der Waals surface area contributed by atoms with E-state index in [0.29, 0.717) is 11.0 Å². The van der Waals surface area contributed by atoms with Gasteiger partial charge in [-0.3, -0.25) is 4.72 Å². The average Bonchev–Trinajstić information content (AvgIpc) is 2.80. The van der Waals surface area contributed by atoms with Gasteiger partial charge in [0, 0.05) is 0 Å². The number of sulfonamides is 1. The van der Waals surface area contributed by atoms with Crippen LogP contribution in [0.3, 0.4) is 0 Å². The molecule has 2 heterocycles. The summed E-state index contributed by atoms with van der Waals surface area (Å²) >= 11 is 5.95. The second-order valence-corrected chi connectivity index (χ2v) is 9.57. The molecule has 1 aliphatic heterocycles. The van der Waals surface area contributed by atoms with Crippen LogP contribution in [-0.2, 0) is 19.9 Å². The van der Waals surface area contributed by atoms with Gasteiger partial charge >= 0.3 is 0 Å². The maximum absolute atomic E-state index is 12.3. The molecule has 0 amide bonds. The fourth-order valence-electron chi connectivity index (χ4n) is 2.27. The van der Waals surface area contributed by atoms with E-state index in [1.54, 1.807) is 24.3 Å². The topological polar surface area (TPSA) is 106 Å². The number of hydrogen-bond acceptors (Lipinski definition) is 6. The summed E-state index contributed by atoms with van der Waals surface area (Å²) in [6.07, 6.45) is 0.0658. The van der Waals surface area contributed by atoms with E-state index in [2.05, 4.69) is 14.7 Å². The predicted octanol–water partition coefficient (Wildman–Crippen LogP) is 1.21. The normalized spacial score (nSPS) is 21.0. The van der Waals surface area contributed by atoms with Crippen molar-refractivity contribution >= 4 is 48.3 Å². The quantitative estimate of drug-likeness (QED) is 0.880. The molecule has 2 aromatic rings. The highest BCUT2D eigenvalue weighted by molar-refractivity contribution is 7.97. The molecule has 10 heteroatoms. The van der Waals surface area contributed by atoms with Crippen molar-refractivity contribution in [1.82, 2.24) is 9.97 Å². The molecule has 0 saturated carbocycles. The van der Waals surface area contributed by atoms with Crippen LogP contribution in [0.25, 0.3) is 11.0 Å². The lowest BCUT2D eigenvalue weighted by molar-refractivity contribution is 0.587. The van der Waals surface area contributed by atoms with Gasteiger partial charge in [-0.05, 0) is 18.6 Å². The second-order valence-electron chi connectivity index (χ2n) is 5.02. The third-order valence-corrected chi connectivity index (χ3v) is 7.40. The number of nitrogens with zero attached hydrogens (tertiary/aromatic N) is 2. The van der Waals surface area contributed by atoms with Gasteiger partial charge in [0.15, 0.2) is 20.8 Å². The molecule has 1 aromatic heterocycles. The lowest BCUT2D eigenvalue weighted by Crippen LogP contribution is -2.29. The zero-order chi connectivity index (χ0) is 16.0. The Kier molecular flexibility index (Phi) is 3.74.